The van der Waals surface area contributed by atoms with Gasteiger partial charge in [0.15, 0.2) is 5.96 Å². The third-order valence-electron chi connectivity index (χ3n) is 5.90. The van der Waals surface area contributed by atoms with E-state index in [9.17, 15) is 0 Å². The molecule has 2 unspecified atom stereocenters. The highest BCUT2D eigenvalue weighted by atomic mass is 127. The smallest absolute Gasteiger partial charge is 0.191 e. The lowest BCUT2D eigenvalue weighted by Gasteiger charge is -2.36. The van der Waals surface area contributed by atoms with E-state index >= 15 is 0 Å². The molecule has 2 fully saturated rings. The Morgan fingerprint density at radius 1 is 1.07 bits per heavy atom. The molecule has 2 aliphatic rings. The van der Waals surface area contributed by atoms with Crippen molar-refractivity contribution >= 4 is 29.9 Å². The van der Waals surface area contributed by atoms with Crippen LogP contribution in [0.25, 0.3) is 0 Å². The summed E-state index contributed by atoms with van der Waals surface area (Å²) in [5.41, 5.74) is 0. The van der Waals surface area contributed by atoms with Gasteiger partial charge in [0.1, 0.15) is 0 Å². The van der Waals surface area contributed by atoms with Crippen LogP contribution in [0.2, 0.25) is 0 Å². The van der Waals surface area contributed by atoms with Crippen molar-refractivity contribution in [1.82, 2.24) is 20.4 Å². The lowest BCUT2D eigenvalue weighted by molar-refractivity contribution is 0.00867. The summed E-state index contributed by atoms with van der Waals surface area (Å²) in [7, 11) is 0. The number of aliphatic imine (C=N–C) groups is 1. The van der Waals surface area contributed by atoms with Gasteiger partial charge in [-0.2, -0.15) is 0 Å². The Kier molecular flexibility index (Phi) is 12.9. The Morgan fingerprint density at radius 2 is 1.79 bits per heavy atom. The Bertz CT molecular complexity index is 441. The van der Waals surface area contributed by atoms with Crippen LogP contribution in [0.4, 0.5) is 0 Å². The molecule has 0 amide bonds. The van der Waals surface area contributed by atoms with E-state index in [1.54, 1.807) is 0 Å². The van der Waals surface area contributed by atoms with Crippen LogP contribution in [-0.4, -0.2) is 86.9 Å². The summed E-state index contributed by atoms with van der Waals surface area (Å²) in [6.07, 6.45) is 2.63. The first kappa shape index (κ1) is 25.9. The molecule has 0 aromatic rings. The molecule has 0 bridgehead atoms. The summed E-state index contributed by atoms with van der Waals surface area (Å²) in [5.74, 6) is 2.27. The number of morpholine rings is 1. The predicted octanol–water partition coefficient (Wildman–Crippen LogP) is 2.64. The highest BCUT2D eigenvalue weighted by molar-refractivity contribution is 14.0. The molecular formula is C21H44IN5O. The Hall–Kier alpha value is -0.120. The molecule has 2 N–H and O–H groups in total. The van der Waals surface area contributed by atoms with E-state index in [1.165, 1.54) is 25.9 Å². The topological polar surface area (TPSA) is 52.1 Å². The number of rotatable bonds is 8. The van der Waals surface area contributed by atoms with Crippen molar-refractivity contribution in [2.75, 3.05) is 59.0 Å². The van der Waals surface area contributed by atoms with E-state index in [0.29, 0.717) is 23.9 Å². The second kappa shape index (κ2) is 14.0. The van der Waals surface area contributed by atoms with Crippen LogP contribution < -0.4 is 10.6 Å². The van der Waals surface area contributed by atoms with Gasteiger partial charge in [0.05, 0.1) is 19.8 Å². The number of halogens is 1. The largest absolute Gasteiger partial charge is 0.379 e. The lowest BCUT2D eigenvalue weighted by atomic mass is 9.97. The van der Waals surface area contributed by atoms with Gasteiger partial charge in [0.25, 0.3) is 0 Å². The number of hydrogen-bond acceptors (Lipinski definition) is 4. The van der Waals surface area contributed by atoms with E-state index in [4.69, 9.17) is 9.73 Å². The number of hydrogen-bond donors (Lipinski definition) is 2. The van der Waals surface area contributed by atoms with Gasteiger partial charge in [-0.3, -0.25) is 9.89 Å². The van der Waals surface area contributed by atoms with Gasteiger partial charge in [-0.25, -0.2) is 0 Å². The highest BCUT2D eigenvalue weighted by Crippen LogP contribution is 2.18. The molecule has 6 nitrogen and oxygen atoms in total. The fourth-order valence-electron chi connectivity index (χ4n) is 4.16. The summed E-state index contributed by atoms with van der Waals surface area (Å²) < 4.78 is 5.52. The quantitative estimate of drug-likeness (QED) is 0.300. The minimum atomic E-state index is 0. The summed E-state index contributed by atoms with van der Waals surface area (Å²) in [4.78, 5) is 10.1. The van der Waals surface area contributed by atoms with E-state index < -0.39 is 0 Å². The van der Waals surface area contributed by atoms with Crippen LogP contribution in [0, 0.1) is 11.8 Å². The van der Waals surface area contributed by atoms with Crippen LogP contribution in [-0.2, 0) is 4.74 Å². The molecule has 2 rings (SSSR count). The third-order valence-corrected chi connectivity index (χ3v) is 5.90. The highest BCUT2D eigenvalue weighted by Gasteiger charge is 2.24. The van der Waals surface area contributed by atoms with E-state index in [2.05, 4.69) is 55.1 Å². The van der Waals surface area contributed by atoms with Gasteiger partial charge < -0.3 is 20.3 Å². The molecule has 7 heteroatoms. The van der Waals surface area contributed by atoms with Crippen molar-refractivity contribution in [2.24, 2.45) is 16.8 Å². The Labute approximate surface area is 190 Å². The van der Waals surface area contributed by atoms with Gasteiger partial charge in [0.2, 0.25) is 0 Å². The first-order valence-corrected chi connectivity index (χ1v) is 11.1. The number of piperidine rings is 1. The van der Waals surface area contributed by atoms with Crippen molar-refractivity contribution in [2.45, 2.75) is 59.5 Å². The summed E-state index contributed by atoms with van der Waals surface area (Å²) in [5, 5.41) is 7.05. The van der Waals surface area contributed by atoms with Crippen LogP contribution in [0.1, 0.15) is 47.5 Å². The minimum absolute atomic E-state index is 0. The summed E-state index contributed by atoms with van der Waals surface area (Å²) in [6.45, 7) is 20.3. The van der Waals surface area contributed by atoms with Crippen LogP contribution in [0.3, 0.4) is 0 Å². The van der Waals surface area contributed by atoms with Crippen LogP contribution in [0.5, 0.6) is 0 Å². The zero-order valence-electron chi connectivity index (χ0n) is 18.7. The maximum Gasteiger partial charge on any atom is 0.191 e. The molecule has 2 atom stereocenters. The average Bonchev–Trinajstić information content (AvgIpc) is 2.67. The van der Waals surface area contributed by atoms with E-state index in [-0.39, 0.29) is 24.0 Å². The van der Waals surface area contributed by atoms with E-state index in [0.717, 1.165) is 51.9 Å². The van der Waals surface area contributed by atoms with Gasteiger partial charge in [0, 0.05) is 44.8 Å². The predicted molar refractivity (Wildman–Crippen MR) is 130 cm³/mol. The molecule has 28 heavy (non-hydrogen) atoms. The third kappa shape index (κ3) is 8.71. The lowest BCUT2D eigenvalue weighted by Crippen LogP contribution is -2.49. The zero-order chi connectivity index (χ0) is 19.6. The van der Waals surface area contributed by atoms with Crippen molar-refractivity contribution in [1.29, 1.82) is 0 Å². The first-order chi connectivity index (χ1) is 13.0. The number of nitrogens with one attached hydrogen (secondary N) is 2. The van der Waals surface area contributed by atoms with Crippen molar-refractivity contribution in [3.63, 3.8) is 0 Å². The monoisotopic (exact) mass is 509 g/mol. The van der Waals surface area contributed by atoms with Crippen molar-refractivity contribution in [3.05, 3.63) is 0 Å². The molecule has 0 aromatic heterocycles. The fourth-order valence-corrected chi connectivity index (χ4v) is 4.16. The first-order valence-electron chi connectivity index (χ1n) is 11.1. The van der Waals surface area contributed by atoms with E-state index in [1.807, 2.05) is 0 Å². The number of guanidine groups is 1. The van der Waals surface area contributed by atoms with Gasteiger partial charge in [-0.05, 0) is 52.0 Å². The zero-order valence-corrected chi connectivity index (χ0v) is 21.1. The molecule has 2 aliphatic heterocycles. The molecular weight excluding hydrogens is 465 g/mol. The minimum Gasteiger partial charge on any atom is -0.379 e. The molecule has 0 aliphatic carbocycles. The standard InChI is InChI=1S/C21H43N5O.HI/c1-6-22-21(23-14-19-8-7-9-26(16-19)18(4)5)24-15-20(17(2)3)25-10-12-27-13-11-25;/h17-20H,6-16H2,1-5H3,(H2,22,23,24);1H. The maximum atomic E-state index is 5.52. The van der Waals surface area contributed by atoms with Gasteiger partial charge in [-0.1, -0.05) is 13.8 Å². The summed E-state index contributed by atoms with van der Waals surface area (Å²) >= 11 is 0. The summed E-state index contributed by atoms with van der Waals surface area (Å²) in [6, 6.07) is 1.13. The fraction of sp³-hybridized carbons (Fsp3) is 0.952. The average molecular weight is 510 g/mol. The molecule has 0 radical (unpaired) electrons. The molecule has 2 saturated heterocycles. The number of ether oxygens (including phenoxy) is 1. The molecule has 0 aromatic carbocycles. The maximum absolute atomic E-state index is 5.52. The molecule has 0 spiro atoms. The second-order valence-electron chi connectivity index (χ2n) is 8.66. The van der Waals surface area contributed by atoms with Gasteiger partial charge in [-0.15, -0.1) is 24.0 Å². The van der Waals surface area contributed by atoms with Crippen molar-refractivity contribution < 1.29 is 4.74 Å². The normalized spacial score (nSPS) is 23.5. The molecule has 166 valence electrons. The van der Waals surface area contributed by atoms with Crippen molar-refractivity contribution in [3.8, 4) is 0 Å². The second-order valence-corrected chi connectivity index (χ2v) is 8.66. The number of likely N-dealkylation sites (tertiary alicyclic amines) is 1. The molecule has 2 heterocycles. The van der Waals surface area contributed by atoms with Crippen LogP contribution >= 0.6 is 24.0 Å². The SMILES string of the molecule is CCNC(=NCC(C(C)C)N1CCOCC1)NCC1CCCN(C(C)C)C1.I. The number of nitrogens with zero attached hydrogens (tertiary/aromatic N) is 3. The Balaban J connectivity index is 0.00000392. The Morgan fingerprint density at radius 3 is 2.39 bits per heavy atom. The van der Waals surface area contributed by atoms with Crippen LogP contribution in [0.15, 0.2) is 4.99 Å². The van der Waals surface area contributed by atoms with Gasteiger partial charge >= 0.3 is 0 Å². The molecule has 0 saturated carbocycles.